The minimum Gasteiger partial charge on any atom is -0.280 e. The summed E-state index contributed by atoms with van der Waals surface area (Å²) >= 11 is 0. The van der Waals surface area contributed by atoms with Crippen LogP contribution in [0.25, 0.3) is 11.3 Å². The predicted molar refractivity (Wildman–Crippen MR) is 84.7 cm³/mol. The van der Waals surface area contributed by atoms with Crippen LogP contribution in [-0.4, -0.2) is 18.7 Å². The maximum absolute atomic E-state index is 12.6. The van der Waals surface area contributed by atoms with Gasteiger partial charge >= 0.3 is 11.2 Å². The Morgan fingerprint density at radius 2 is 1.82 bits per heavy atom. The van der Waals surface area contributed by atoms with Crippen molar-refractivity contribution in [2.24, 2.45) is 0 Å². The predicted octanol–water partition coefficient (Wildman–Crippen LogP) is 1.45. The van der Waals surface area contributed by atoms with Gasteiger partial charge in [-0.3, -0.25) is 9.36 Å². The summed E-state index contributed by atoms with van der Waals surface area (Å²) in [5.41, 5.74) is 2.32. The second kappa shape index (κ2) is 5.14. The fourth-order valence-corrected chi connectivity index (χ4v) is 2.54. The lowest BCUT2D eigenvalue weighted by atomic mass is 10.1. The first kappa shape index (κ1) is 14.1. The highest BCUT2D eigenvalue weighted by molar-refractivity contribution is 5.43. The molecule has 0 unspecified atom stereocenters. The molecule has 0 bridgehead atoms. The average molecular weight is 296 g/mol. The summed E-state index contributed by atoms with van der Waals surface area (Å²) in [6, 6.07) is 5.88. The van der Waals surface area contributed by atoms with Crippen LogP contribution in [0.2, 0.25) is 0 Å². The molecule has 6 nitrogen and oxygen atoms in total. The molecule has 0 aliphatic rings. The Labute approximate surface area is 126 Å². The Bertz CT molecular complexity index is 971. The third-order valence-corrected chi connectivity index (χ3v) is 3.43. The molecule has 0 saturated heterocycles. The second-order valence-electron chi connectivity index (χ2n) is 5.27. The molecule has 0 N–H and O–H groups in total. The van der Waals surface area contributed by atoms with E-state index in [1.165, 1.54) is 13.6 Å². The van der Waals surface area contributed by atoms with Gasteiger partial charge in [0.1, 0.15) is 0 Å². The maximum Gasteiger partial charge on any atom is 0.350 e. The summed E-state index contributed by atoms with van der Waals surface area (Å²) in [7, 11) is 0. The largest absolute Gasteiger partial charge is 0.350 e. The molecule has 0 fully saturated rings. The van der Waals surface area contributed by atoms with E-state index in [2.05, 4.69) is 11.7 Å². The van der Waals surface area contributed by atoms with E-state index < -0.39 is 0 Å². The Balaban J connectivity index is 2.29. The van der Waals surface area contributed by atoms with Crippen molar-refractivity contribution in [1.29, 1.82) is 0 Å². The standard InChI is InChI=1S/C16H16N4O2/c1-4-5-20-16(22)19-7-6-18(15(21)14(19)17-20)13-9-11(2)8-12(3)10-13/h4,6-10H,1,5H2,2-3H3. The average Bonchev–Trinajstić information content (AvgIpc) is 2.77. The van der Waals surface area contributed by atoms with Gasteiger partial charge in [-0.25, -0.2) is 13.9 Å². The highest BCUT2D eigenvalue weighted by Crippen LogP contribution is 2.12. The first-order valence-electron chi connectivity index (χ1n) is 6.91. The number of hydrogen-bond acceptors (Lipinski definition) is 3. The number of aryl methyl sites for hydroxylation is 2. The van der Waals surface area contributed by atoms with Crippen LogP contribution in [-0.2, 0) is 6.54 Å². The third-order valence-electron chi connectivity index (χ3n) is 3.43. The Morgan fingerprint density at radius 3 is 2.45 bits per heavy atom. The van der Waals surface area contributed by atoms with E-state index in [9.17, 15) is 9.59 Å². The molecule has 0 amide bonds. The van der Waals surface area contributed by atoms with Gasteiger partial charge in [-0.05, 0) is 37.1 Å². The number of rotatable bonds is 3. The number of fused-ring (bicyclic) bond motifs is 1. The van der Waals surface area contributed by atoms with Crippen molar-refractivity contribution < 1.29 is 0 Å². The summed E-state index contributed by atoms with van der Waals surface area (Å²) in [4.78, 5) is 24.7. The minimum absolute atomic E-state index is 0.105. The molecule has 1 aromatic carbocycles. The van der Waals surface area contributed by atoms with E-state index in [1.807, 2.05) is 32.0 Å². The van der Waals surface area contributed by atoms with Crippen molar-refractivity contribution in [2.45, 2.75) is 20.4 Å². The van der Waals surface area contributed by atoms with Crippen molar-refractivity contribution in [2.75, 3.05) is 0 Å². The van der Waals surface area contributed by atoms with Crippen molar-refractivity contribution in [3.63, 3.8) is 0 Å². The van der Waals surface area contributed by atoms with E-state index in [-0.39, 0.29) is 23.4 Å². The van der Waals surface area contributed by atoms with Gasteiger partial charge in [0, 0.05) is 18.1 Å². The Kier molecular flexibility index (Phi) is 3.29. The van der Waals surface area contributed by atoms with Crippen LogP contribution in [0, 0.1) is 13.8 Å². The van der Waals surface area contributed by atoms with Crippen LogP contribution < -0.4 is 11.2 Å². The Hall–Kier alpha value is -2.89. The van der Waals surface area contributed by atoms with Crippen LogP contribution in [0.15, 0.2) is 52.8 Å². The number of allylic oxidation sites excluding steroid dienone is 1. The van der Waals surface area contributed by atoms with Crippen LogP contribution in [0.5, 0.6) is 0 Å². The van der Waals surface area contributed by atoms with E-state index in [1.54, 1.807) is 18.5 Å². The maximum atomic E-state index is 12.6. The summed E-state index contributed by atoms with van der Waals surface area (Å²) in [6.07, 6.45) is 4.71. The molecule has 112 valence electrons. The van der Waals surface area contributed by atoms with Crippen molar-refractivity contribution >= 4 is 5.65 Å². The minimum atomic E-state index is -0.348. The number of nitrogens with zero attached hydrogens (tertiary/aromatic N) is 4. The zero-order valence-corrected chi connectivity index (χ0v) is 12.5. The molecule has 2 aromatic heterocycles. The van der Waals surface area contributed by atoms with Gasteiger partial charge in [0.2, 0.25) is 5.65 Å². The van der Waals surface area contributed by atoms with Crippen LogP contribution >= 0.6 is 0 Å². The highest BCUT2D eigenvalue weighted by Gasteiger charge is 2.12. The lowest BCUT2D eigenvalue weighted by Gasteiger charge is -2.07. The quantitative estimate of drug-likeness (QED) is 0.687. The topological polar surface area (TPSA) is 61.3 Å². The molecule has 0 radical (unpaired) electrons. The fraction of sp³-hybridized carbons (Fsp3) is 0.188. The van der Waals surface area contributed by atoms with Gasteiger partial charge in [-0.15, -0.1) is 11.7 Å². The van der Waals surface area contributed by atoms with Crippen LogP contribution in [0.1, 0.15) is 11.1 Å². The first-order chi connectivity index (χ1) is 10.5. The molecule has 0 saturated carbocycles. The second-order valence-corrected chi connectivity index (χ2v) is 5.27. The van der Waals surface area contributed by atoms with Gasteiger partial charge in [-0.2, -0.15) is 0 Å². The molecule has 22 heavy (non-hydrogen) atoms. The fourth-order valence-electron chi connectivity index (χ4n) is 2.54. The van der Waals surface area contributed by atoms with Gasteiger partial charge in [-0.1, -0.05) is 12.1 Å². The molecule has 2 heterocycles. The molecule has 0 aliphatic carbocycles. The zero-order valence-electron chi connectivity index (χ0n) is 12.5. The van der Waals surface area contributed by atoms with Gasteiger partial charge < -0.3 is 0 Å². The molecule has 6 heteroatoms. The van der Waals surface area contributed by atoms with Gasteiger partial charge in [0.25, 0.3) is 0 Å². The molecular weight excluding hydrogens is 280 g/mol. The monoisotopic (exact) mass is 296 g/mol. The van der Waals surface area contributed by atoms with E-state index in [4.69, 9.17) is 0 Å². The van der Waals surface area contributed by atoms with E-state index in [0.29, 0.717) is 0 Å². The van der Waals surface area contributed by atoms with Gasteiger partial charge in [0.05, 0.1) is 6.54 Å². The summed E-state index contributed by atoms with van der Waals surface area (Å²) < 4.78 is 3.97. The van der Waals surface area contributed by atoms with Crippen molar-refractivity contribution in [3.8, 4) is 5.69 Å². The molecule has 3 aromatic rings. The third kappa shape index (κ3) is 2.18. The van der Waals surface area contributed by atoms with Gasteiger partial charge in [0.15, 0.2) is 0 Å². The van der Waals surface area contributed by atoms with E-state index >= 15 is 0 Å². The van der Waals surface area contributed by atoms with Crippen LogP contribution in [0.4, 0.5) is 0 Å². The molecule has 0 spiro atoms. The molecule has 0 atom stereocenters. The smallest absolute Gasteiger partial charge is 0.280 e. The zero-order chi connectivity index (χ0) is 15.9. The highest BCUT2D eigenvalue weighted by atomic mass is 16.2. The summed E-state index contributed by atoms with van der Waals surface area (Å²) in [5, 5.41) is 4.10. The lowest BCUT2D eigenvalue weighted by molar-refractivity contribution is 0.673. The Morgan fingerprint density at radius 1 is 1.14 bits per heavy atom. The van der Waals surface area contributed by atoms with E-state index in [0.717, 1.165) is 16.8 Å². The van der Waals surface area contributed by atoms with Crippen molar-refractivity contribution in [3.05, 3.63) is 75.2 Å². The van der Waals surface area contributed by atoms with Crippen molar-refractivity contribution in [1.82, 2.24) is 18.7 Å². The number of benzene rings is 1. The SMILES string of the molecule is C=CCn1nc2c(=O)n(-c3cc(C)cc(C)c3)ccn2c1=O. The summed E-state index contributed by atoms with van der Waals surface area (Å²) in [6.45, 7) is 7.80. The first-order valence-corrected chi connectivity index (χ1v) is 6.91. The molecular formula is C16H16N4O2. The lowest BCUT2D eigenvalue weighted by Crippen LogP contribution is -2.24. The molecule has 0 aliphatic heterocycles. The number of aromatic nitrogens is 4. The number of hydrogen-bond donors (Lipinski definition) is 0. The normalized spacial score (nSPS) is 11.0. The molecule has 3 rings (SSSR count). The van der Waals surface area contributed by atoms with Crippen LogP contribution in [0.3, 0.4) is 0 Å². The summed E-state index contributed by atoms with van der Waals surface area (Å²) in [5.74, 6) is 0.